The van der Waals surface area contributed by atoms with E-state index < -0.39 is 18.1 Å². The number of hydrogen-bond donors (Lipinski definition) is 4. The zero-order valence-electron chi connectivity index (χ0n) is 23.0. The van der Waals surface area contributed by atoms with Crippen molar-refractivity contribution in [1.29, 1.82) is 0 Å². The van der Waals surface area contributed by atoms with Crippen LogP contribution in [0.2, 0.25) is 0 Å². The first-order valence-electron chi connectivity index (χ1n) is 14.6. The molecule has 14 nitrogen and oxygen atoms in total. The van der Waals surface area contributed by atoms with Crippen LogP contribution in [0, 0.1) is 5.92 Å². The highest BCUT2D eigenvalue weighted by molar-refractivity contribution is 5.96. The summed E-state index contributed by atoms with van der Waals surface area (Å²) in [5, 5.41) is 16.5. The molecule has 2 aliphatic heterocycles. The molecule has 2 saturated carbocycles. The van der Waals surface area contributed by atoms with E-state index in [1.54, 1.807) is 4.90 Å². The van der Waals surface area contributed by atoms with Gasteiger partial charge < -0.3 is 25.8 Å². The molecule has 42 heavy (non-hydrogen) atoms. The van der Waals surface area contributed by atoms with Crippen molar-refractivity contribution in [3.8, 4) is 0 Å². The number of nitrogens with zero attached hydrogens (tertiary/aromatic N) is 8. The Kier molecular flexibility index (Phi) is 6.99. The van der Waals surface area contributed by atoms with Crippen molar-refractivity contribution in [2.24, 2.45) is 5.92 Å². The fourth-order valence-electron chi connectivity index (χ4n) is 5.57. The third kappa shape index (κ3) is 5.94. The topological polar surface area (TPSA) is 170 Å². The lowest BCUT2D eigenvalue weighted by Crippen LogP contribution is -2.49. The number of halogens is 1. The summed E-state index contributed by atoms with van der Waals surface area (Å²) in [7, 11) is 0. The second kappa shape index (κ2) is 11.1. The molecule has 7 rings (SSSR count). The largest absolute Gasteiger partial charge is 0.351 e. The average molecular weight is 577 g/mol. The molecule has 2 amide bonds. The number of aromatic amines is 1. The molecule has 0 radical (unpaired) electrons. The van der Waals surface area contributed by atoms with Gasteiger partial charge in [-0.05, 0) is 38.5 Å². The molecule has 2 saturated heterocycles. The predicted octanol–water partition coefficient (Wildman–Crippen LogP) is 2.06. The number of H-pyrrole nitrogens is 1. The highest BCUT2D eigenvalue weighted by atomic mass is 19.1. The maximum Gasteiger partial charge on any atom is 0.248 e. The van der Waals surface area contributed by atoms with Crippen molar-refractivity contribution >= 4 is 41.3 Å². The SMILES string of the molecule is O=C(NC1CCCN(c2nc(Nc3cc(C4CC4)[nH]n3)nc(N3C[C@H](F)C[C@H]3C(=O)Nc3cnccn3)n2)C1)C1CC1. The van der Waals surface area contributed by atoms with Crippen LogP contribution in [0.3, 0.4) is 0 Å². The molecule has 3 aromatic heterocycles. The van der Waals surface area contributed by atoms with Crippen molar-refractivity contribution < 1.29 is 14.0 Å². The third-order valence-electron chi connectivity index (χ3n) is 8.09. The van der Waals surface area contributed by atoms with E-state index in [1.165, 1.54) is 18.6 Å². The van der Waals surface area contributed by atoms with E-state index in [2.05, 4.69) is 41.1 Å². The van der Waals surface area contributed by atoms with Crippen LogP contribution in [0.4, 0.5) is 33.9 Å². The Morgan fingerprint density at radius 3 is 2.62 bits per heavy atom. The second-order valence-corrected chi connectivity index (χ2v) is 11.5. The number of nitrogens with one attached hydrogen (secondary N) is 4. The number of amides is 2. The van der Waals surface area contributed by atoms with Gasteiger partial charge in [0.05, 0.1) is 12.7 Å². The lowest BCUT2D eigenvalue weighted by Gasteiger charge is -2.34. The quantitative estimate of drug-likeness (QED) is 0.294. The lowest BCUT2D eigenvalue weighted by atomic mass is 10.1. The Bertz CT molecular complexity index is 1450. The zero-order valence-corrected chi connectivity index (χ0v) is 23.0. The molecule has 5 heterocycles. The van der Waals surface area contributed by atoms with Gasteiger partial charge in [-0.2, -0.15) is 20.1 Å². The number of carbonyl (C=O) groups is 2. The minimum atomic E-state index is -1.25. The van der Waals surface area contributed by atoms with E-state index in [0.717, 1.165) is 44.2 Å². The zero-order chi connectivity index (χ0) is 28.6. The molecule has 3 aromatic rings. The number of aromatic nitrogens is 7. The molecule has 0 spiro atoms. The molecule has 15 heteroatoms. The van der Waals surface area contributed by atoms with Gasteiger partial charge >= 0.3 is 0 Å². The summed E-state index contributed by atoms with van der Waals surface area (Å²) in [5.41, 5.74) is 1.05. The number of anilines is 5. The molecule has 4 fully saturated rings. The number of hydrogen-bond acceptors (Lipinski definition) is 11. The first kappa shape index (κ1) is 26.5. The molecular weight excluding hydrogens is 543 g/mol. The predicted molar refractivity (Wildman–Crippen MR) is 151 cm³/mol. The second-order valence-electron chi connectivity index (χ2n) is 11.5. The van der Waals surface area contributed by atoms with E-state index in [1.807, 2.05) is 11.0 Å². The molecule has 0 aromatic carbocycles. The number of carbonyl (C=O) groups excluding carboxylic acids is 2. The molecule has 220 valence electrons. The highest BCUT2D eigenvalue weighted by Gasteiger charge is 2.40. The standard InChI is InChI=1S/C27H33FN12O2/c28-17-10-20(24(42)32-22-12-29-7-8-30-22)40(13-17)27-35-25(33-21-11-19(37-38-21)15-3-4-15)34-26(36-27)39-9-1-2-18(14-39)31-23(41)16-5-6-16/h7-8,11-12,15-18,20H,1-6,9-10,13-14H2,(H,31,41)(H,30,32,42)(H2,33,34,35,36,37,38)/t17-,18?,20+/m1/s1. The summed E-state index contributed by atoms with van der Waals surface area (Å²) >= 11 is 0. The monoisotopic (exact) mass is 576 g/mol. The molecule has 0 bridgehead atoms. The lowest BCUT2D eigenvalue weighted by molar-refractivity contribution is -0.123. The summed E-state index contributed by atoms with van der Waals surface area (Å²) in [5.74, 6) is 1.96. The van der Waals surface area contributed by atoms with Gasteiger partial charge in [0.15, 0.2) is 11.6 Å². The summed E-state index contributed by atoms with van der Waals surface area (Å²) in [6, 6.07) is 1.06. The van der Waals surface area contributed by atoms with Gasteiger partial charge in [0.2, 0.25) is 29.7 Å². The fraction of sp³-hybridized carbons (Fsp3) is 0.556. The van der Waals surface area contributed by atoms with Gasteiger partial charge in [-0.15, -0.1) is 0 Å². The number of piperidine rings is 1. The first-order valence-corrected chi connectivity index (χ1v) is 14.6. The van der Waals surface area contributed by atoms with Gasteiger partial charge in [0.25, 0.3) is 0 Å². The van der Waals surface area contributed by atoms with E-state index in [-0.39, 0.29) is 48.5 Å². The molecule has 4 aliphatic rings. The Morgan fingerprint density at radius 2 is 1.83 bits per heavy atom. The third-order valence-corrected chi connectivity index (χ3v) is 8.09. The van der Waals surface area contributed by atoms with Crippen LogP contribution < -0.4 is 25.8 Å². The van der Waals surface area contributed by atoms with Gasteiger partial charge in [0, 0.05) is 61.5 Å². The molecule has 1 unspecified atom stereocenters. The van der Waals surface area contributed by atoms with Crippen LogP contribution in [0.25, 0.3) is 0 Å². The van der Waals surface area contributed by atoms with Crippen molar-refractivity contribution in [3.63, 3.8) is 0 Å². The van der Waals surface area contributed by atoms with Gasteiger partial charge in [-0.25, -0.2) is 9.37 Å². The van der Waals surface area contributed by atoms with Crippen molar-refractivity contribution in [1.82, 2.24) is 40.4 Å². The van der Waals surface area contributed by atoms with Crippen LogP contribution in [0.1, 0.15) is 56.6 Å². The van der Waals surface area contributed by atoms with E-state index in [0.29, 0.717) is 30.8 Å². The Labute approximate surface area is 241 Å². The Balaban J connectivity index is 1.16. The van der Waals surface area contributed by atoms with Crippen molar-refractivity contribution in [3.05, 3.63) is 30.4 Å². The first-order chi connectivity index (χ1) is 20.5. The number of rotatable bonds is 9. The van der Waals surface area contributed by atoms with E-state index in [9.17, 15) is 14.0 Å². The fourth-order valence-corrected chi connectivity index (χ4v) is 5.57. The van der Waals surface area contributed by atoms with Crippen LogP contribution in [-0.2, 0) is 9.59 Å². The summed E-state index contributed by atoms with van der Waals surface area (Å²) in [4.78, 5) is 51.4. The number of alkyl halides is 1. The summed E-state index contributed by atoms with van der Waals surface area (Å²) in [6.07, 6.45) is 9.02. The average Bonchev–Trinajstić information content (AvgIpc) is 3.93. The Hall–Kier alpha value is -4.43. The molecular formula is C27H33FN12O2. The molecule has 3 atom stereocenters. The Morgan fingerprint density at radius 1 is 0.976 bits per heavy atom. The minimum absolute atomic E-state index is 0.0149. The van der Waals surface area contributed by atoms with Crippen LogP contribution in [0.15, 0.2) is 24.7 Å². The normalized spacial score (nSPS) is 24.0. The van der Waals surface area contributed by atoms with E-state index in [4.69, 9.17) is 9.97 Å². The van der Waals surface area contributed by atoms with Crippen molar-refractivity contribution in [2.45, 2.75) is 69.1 Å². The highest BCUT2D eigenvalue weighted by Crippen LogP contribution is 2.39. The molecule has 4 N–H and O–H groups in total. The smallest absolute Gasteiger partial charge is 0.248 e. The van der Waals surface area contributed by atoms with Gasteiger partial charge in [-0.1, -0.05) is 0 Å². The van der Waals surface area contributed by atoms with E-state index >= 15 is 0 Å². The van der Waals surface area contributed by atoms with Crippen LogP contribution in [0.5, 0.6) is 0 Å². The molecule has 2 aliphatic carbocycles. The van der Waals surface area contributed by atoms with Gasteiger partial charge in [-0.3, -0.25) is 19.7 Å². The van der Waals surface area contributed by atoms with Gasteiger partial charge in [0.1, 0.15) is 12.2 Å². The van der Waals surface area contributed by atoms with Crippen LogP contribution in [-0.4, -0.2) is 84.8 Å². The van der Waals surface area contributed by atoms with Crippen LogP contribution >= 0.6 is 0 Å². The maximum atomic E-state index is 14.8. The minimum Gasteiger partial charge on any atom is -0.351 e. The maximum absolute atomic E-state index is 14.8. The van der Waals surface area contributed by atoms with Crippen molar-refractivity contribution in [2.75, 3.05) is 40.1 Å². The summed E-state index contributed by atoms with van der Waals surface area (Å²) < 4.78 is 14.8. The summed E-state index contributed by atoms with van der Waals surface area (Å²) in [6.45, 7) is 1.18.